The second kappa shape index (κ2) is 6.57. The summed E-state index contributed by atoms with van der Waals surface area (Å²) in [5.41, 5.74) is -0.298. The lowest BCUT2D eigenvalue weighted by Crippen LogP contribution is -2.68. The van der Waals surface area contributed by atoms with Gasteiger partial charge >= 0.3 is 0 Å². The molecule has 0 aromatic rings. The maximum Gasteiger partial charge on any atom is 0.246 e. The van der Waals surface area contributed by atoms with Gasteiger partial charge in [-0.2, -0.15) is 0 Å². The van der Waals surface area contributed by atoms with E-state index in [0.717, 1.165) is 0 Å². The summed E-state index contributed by atoms with van der Waals surface area (Å²) >= 11 is 0. The minimum Gasteiger partial charge on any atom is -0.380 e. The number of ether oxygens (including phenoxy) is 1. The Hall–Kier alpha value is -1.10. The van der Waals surface area contributed by atoms with Crippen LogP contribution in [0.1, 0.15) is 41.5 Å². The molecule has 1 N–H and O–H groups in total. The van der Waals surface area contributed by atoms with Gasteiger partial charge in [0.1, 0.15) is 12.1 Å². The van der Waals surface area contributed by atoms with Crippen LogP contribution in [0.25, 0.3) is 0 Å². The number of piperazine rings is 1. The Balaban J connectivity index is 2.97. The number of carbonyl (C=O) groups is 2. The van der Waals surface area contributed by atoms with Crippen molar-refractivity contribution < 1.29 is 14.3 Å². The minimum atomic E-state index is -0.439. The summed E-state index contributed by atoms with van der Waals surface area (Å²) in [4.78, 5) is 26.7. The molecule has 0 aromatic heterocycles. The van der Waals surface area contributed by atoms with Crippen molar-refractivity contribution in [2.24, 2.45) is 11.3 Å². The fraction of sp³-hybridized carbons (Fsp3) is 0.867. The van der Waals surface area contributed by atoms with Crippen molar-refractivity contribution in [1.82, 2.24) is 10.2 Å². The fourth-order valence-corrected chi connectivity index (χ4v) is 2.60. The highest BCUT2D eigenvalue weighted by Gasteiger charge is 2.46. The maximum atomic E-state index is 12.6. The number of nitrogens with one attached hydrogen (secondary N) is 1. The van der Waals surface area contributed by atoms with Crippen LogP contribution in [-0.4, -0.2) is 48.6 Å². The third-order valence-corrected chi connectivity index (χ3v) is 3.57. The fourth-order valence-electron chi connectivity index (χ4n) is 2.60. The molecule has 1 aliphatic rings. The second-order valence-corrected chi connectivity index (χ2v) is 6.73. The summed E-state index contributed by atoms with van der Waals surface area (Å²) in [5, 5.41) is 2.87. The van der Waals surface area contributed by atoms with Gasteiger partial charge in [0, 0.05) is 13.2 Å². The van der Waals surface area contributed by atoms with E-state index >= 15 is 0 Å². The monoisotopic (exact) mass is 284 g/mol. The van der Waals surface area contributed by atoms with Gasteiger partial charge in [-0.15, -0.1) is 0 Å². The van der Waals surface area contributed by atoms with Crippen LogP contribution in [0.4, 0.5) is 0 Å². The predicted octanol–water partition coefficient (Wildman–Crippen LogP) is 1.42. The SMILES string of the molecule is CCOCCN1C(=O)C(C(C)C)NC(=O)C1C(C)(C)C. The highest BCUT2D eigenvalue weighted by atomic mass is 16.5. The van der Waals surface area contributed by atoms with Crippen LogP contribution >= 0.6 is 0 Å². The van der Waals surface area contributed by atoms with Gasteiger partial charge in [-0.25, -0.2) is 0 Å². The molecule has 2 unspecified atom stereocenters. The van der Waals surface area contributed by atoms with Gasteiger partial charge in [0.15, 0.2) is 0 Å². The molecule has 2 amide bonds. The molecule has 0 saturated carbocycles. The van der Waals surface area contributed by atoms with E-state index in [1.54, 1.807) is 4.90 Å². The van der Waals surface area contributed by atoms with Gasteiger partial charge in [0.2, 0.25) is 11.8 Å². The van der Waals surface area contributed by atoms with Crippen LogP contribution in [0, 0.1) is 11.3 Å². The van der Waals surface area contributed by atoms with Crippen LogP contribution in [0.2, 0.25) is 0 Å². The summed E-state index contributed by atoms with van der Waals surface area (Å²) in [5.74, 6) is 0.0217. The van der Waals surface area contributed by atoms with Gasteiger partial charge in [0.25, 0.3) is 0 Å². The number of carbonyl (C=O) groups excluding carboxylic acids is 2. The van der Waals surface area contributed by atoms with Gasteiger partial charge in [-0.05, 0) is 18.3 Å². The summed E-state index contributed by atoms with van der Waals surface area (Å²) in [6.07, 6.45) is 0. The van der Waals surface area contributed by atoms with E-state index in [2.05, 4.69) is 5.32 Å². The van der Waals surface area contributed by atoms with Crippen molar-refractivity contribution in [1.29, 1.82) is 0 Å². The number of amides is 2. The van der Waals surface area contributed by atoms with Crippen LogP contribution in [0.5, 0.6) is 0 Å². The first-order chi connectivity index (χ1) is 9.20. The normalized spacial score (nSPS) is 24.2. The molecule has 0 aromatic carbocycles. The van der Waals surface area contributed by atoms with Crippen molar-refractivity contribution in [3.05, 3.63) is 0 Å². The molecule has 116 valence electrons. The summed E-state index contributed by atoms with van der Waals surface area (Å²) < 4.78 is 5.35. The molecule has 1 aliphatic heterocycles. The Morgan fingerprint density at radius 2 is 1.90 bits per heavy atom. The van der Waals surface area contributed by atoms with Gasteiger partial charge in [0.05, 0.1) is 6.61 Å². The lowest BCUT2D eigenvalue weighted by atomic mass is 9.82. The van der Waals surface area contributed by atoms with Crippen LogP contribution in [0.15, 0.2) is 0 Å². The largest absolute Gasteiger partial charge is 0.380 e. The third-order valence-electron chi connectivity index (χ3n) is 3.57. The van der Waals surface area contributed by atoms with E-state index in [4.69, 9.17) is 4.74 Å². The highest BCUT2D eigenvalue weighted by Crippen LogP contribution is 2.28. The van der Waals surface area contributed by atoms with Gasteiger partial charge < -0.3 is 15.0 Å². The molecule has 0 bridgehead atoms. The highest BCUT2D eigenvalue weighted by molar-refractivity contribution is 5.97. The van der Waals surface area contributed by atoms with Crippen molar-refractivity contribution in [3.63, 3.8) is 0 Å². The maximum absolute atomic E-state index is 12.6. The molecular formula is C15H28N2O3. The first-order valence-electron chi connectivity index (χ1n) is 7.38. The Kier molecular flexibility index (Phi) is 5.57. The lowest BCUT2D eigenvalue weighted by Gasteiger charge is -2.45. The minimum absolute atomic E-state index is 0.000715. The third kappa shape index (κ3) is 3.72. The first kappa shape index (κ1) is 17.0. The zero-order valence-corrected chi connectivity index (χ0v) is 13.5. The zero-order valence-electron chi connectivity index (χ0n) is 13.5. The van der Waals surface area contributed by atoms with E-state index in [1.165, 1.54) is 0 Å². The molecule has 1 saturated heterocycles. The van der Waals surface area contributed by atoms with E-state index in [0.29, 0.717) is 19.8 Å². The molecular weight excluding hydrogens is 256 g/mol. The number of nitrogens with zero attached hydrogens (tertiary/aromatic N) is 1. The number of hydrogen-bond acceptors (Lipinski definition) is 3. The molecule has 1 rings (SSSR count). The molecule has 20 heavy (non-hydrogen) atoms. The van der Waals surface area contributed by atoms with E-state index in [-0.39, 0.29) is 23.1 Å². The number of rotatable bonds is 5. The summed E-state index contributed by atoms with van der Waals surface area (Å²) in [6.45, 7) is 13.3. The predicted molar refractivity (Wildman–Crippen MR) is 78.2 cm³/mol. The smallest absolute Gasteiger partial charge is 0.246 e. The van der Waals surface area contributed by atoms with E-state index in [1.807, 2.05) is 41.5 Å². The Morgan fingerprint density at radius 1 is 1.30 bits per heavy atom. The quantitative estimate of drug-likeness (QED) is 0.777. The van der Waals surface area contributed by atoms with Crippen molar-refractivity contribution in [3.8, 4) is 0 Å². The van der Waals surface area contributed by atoms with Crippen molar-refractivity contribution in [2.75, 3.05) is 19.8 Å². The van der Waals surface area contributed by atoms with Crippen molar-refractivity contribution >= 4 is 11.8 Å². The molecule has 1 heterocycles. The van der Waals surface area contributed by atoms with Crippen LogP contribution in [-0.2, 0) is 14.3 Å². The van der Waals surface area contributed by atoms with Crippen LogP contribution in [0.3, 0.4) is 0 Å². The standard InChI is InChI=1S/C15H28N2O3/c1-7-20-9-8-17-12(15(4,5)6)13(18)16-11(10(2)3)14(17)19/h10-12H,7-9H2,1-6H3,(H,16,18). The number of hydrogen-bond donors (Lipinski definition) is 1. The molecule has 0 radical (unpaired) electrons. The van der Waals surface area contributed by atoms with Gasteiger partial charge in [-0.1, -0.05) is 34.6 Å². The molecule has 2 atom stereocenters. The molecule has 1 fully saturated rings. The lowest BCUT2D eigenvalue weighted by molar-refractivity contribution is -0.156. The van der Waals surface area contributed by atoms with E-state index < -0.39 is 12.1 Å². The topological polar surface area (TPSA) is 58.6 Å². The average molecular weight is 284 g/mol. The molecule has 0 aliphatic carbocycles. The molecule has 0 spiro atoms. The summed E-state index contributed by atoms with van der Waals surface area (Å²) in [7, 11) is 0. The van der Waals surface area contributed by atoms with Crippen LogP contribution < -0.4 is 5.32 Å². The molecule has 5 heteroatoms. The first-order valence-corrected chi connectivity index (χ1v) is 7.38. The molecule has 5 nitrogen and oxygen atoms in total. The van der Waals surface area contributed by atoms with E-state index in [9.17, 15) is 9.59 Å². The Bertz CT molecular complexity index is 361. The summed E-state index contributed by atoms with van der Waals surface area (Å²) in [6, 6.07) is -0.867. The van der Waals surface area contributed by atoms with Crippen molar-refractivity contribution in [2.45, 2.75) is 53.6 Å². The zero-order chi connectivity index (χ0) is 15.5. The Labute approximate surface area is 122 Å². The average Bonchev–Trinajstić information content (AvgIpc) is 2.31. The Morgan fingerprint density at radius 3 is 2.35 bits per heavy atom. The van der Waals surface area contributed by atoms with Gasteiger partial charge in [-0.3, -0.25) is 9.59 Å². The second-order valence-electron chi connectivity index (χ2n) is 6.73.